The van der Waals surface area contributed by atoms with Gasteiger partial charge in [-0.3, -0.25) is 14.4 Å². The van der Waals surface area contributed by atoms with Crippen molar-refractivity contribution in [2.24, 2.45) is 0 Å². The average molecular weight is 524 g/mol. The van der Waals surface area contributed by atoms with Gasteiger partial charge >= 0.3 is 0 Å². The van der Waals surface area contributed by atoms with E-state index in [9.17, 15) is 14.4 Å². The van der Waals surface area contributed by atoms with Crippen molar-refractivity contribution in [1.82, 2.24) is 19.3 Å². The van der Waals surface area contributed by atoms with E-state index in [0.717, 1.165) is 16.6 Å². The molecule has 39 heavy (non-hydrogen) atoms. The van der Waals surface area contributed by atoms with E-state index in [1.54, 1.807) is 30.3 Å². The molecule has 0 aliphatic rings. The van der Waals surface area contributed by atoms with E-state index in [4.69, 9.17) is 15.2 Å². The van der Waals surface area contributed by atoms with Crippen molar-refractivity contribution in [3.63, 3.8) is 0 Å². The molecule has 10 nitrogen and oxygen atoms in total. The molecule has 2 heterocycles. The Balaban J connectivity index is 1.52. The summed E-state index contributed by atoms with van der Waals surface area (Å²) < 4.78 is 14.1. The molecule has 0 amide bonds. The number of ether oxygens (including phenoxy) is 2. The molecule has 5 rings (SSSR count). The number of methoxy groups -OCH3 is 1. The number of ketones is 1. The van der Waals surface area contributed by atoms with Crippen LogP contribution in [0.1, 0.15) is 21.5 Å². The molecule has 0 bridgehead atoms. The number of imidazole rings is 1. The average Bonchev–Trinajstić information content (AvgIpc) is 3.27. The number of anilines is 1. The van der Waals surface area contributed by atoms with Crippen molar-refractivity contribution >= 4 is 29.1 Å². The van der Waals surface area contributed by atoms with Gasteiger partial charge in [-0.05, 0) is 47.5 Å². The summed E-state index contributed by atoms with van der Waals surface area (Å²) in [6.07, 6.45) is 0.263. The number of aromatic nitrogens is 4. The summed E-state index contributed by atoms with van der Waals surface area (Å²) in [5, 5.41) is 4.59. The van der Waals surface area contributed by atoms with Crippen molar-refractivity contribution in [3.05, 3.63) is 106 Å². The first-order valence-electron chi connectivity index (χ1n) is 12.1. The molecule has 3 aromatic carbocycles. The molecule has 10 heteroatoms. The Hall–Kier alpha value is -5.09. The maximum Gasteiger partial charge on any atom is 0.267 e. The highest BCUT2D eigenvalue weighted by atomic mass is 16.7. The Kier molecular flexibility index (Phi) is 7.28. The smallest absolute Gasteiger partial charge is 0.267 e. The van der Waals surface area contributed by atoms with Gasteiger partial charge in [0.15, 0.2) is 13.1 Å². The van der Waals surface area contributed by atoms with Crippen LogP contribution in [0.15, 0.2) is 83.7 Å². The Morgan fingerprint density at radius 2 is 1.79 bits per heavy atom. The summed E-state index contributed by atoms with van der Waals surface area (Å²) in [4.78, 5) is 39.8. The molecule has 0 saturated carbocycles. The van der Waals surface area contributed by atoms with E-state index in [2.05, 4.69) is 10.1 Å². The molecule has 0 saturated heterocycles. The quantitative estimate of drug-likeness (QED) is 0.128. The number of carbonyl (C=O) groups is 2. The third-order valence-electron chi connectivity index (χ3n) is 6.19. The number of para-hydroxylation sites is 2. The van der Waals surface area contributed by atoms with E-state index in [1.807, 2.05) is 47.0 Å². The first kappa shape index (κ1) is 25.6. The second-order valence-electron chi connectivity index (χ2n) is 8.82. The van der Waals surface area contributed by atoms with Crippen LogP contribution in [-0.4, -0.2) is 45.3 Å². The minimum Gasteiger partial charge on any atom is -0.467 e. The molecule has 2 N–H and O–H groups in total. The molecule has 0 fully saturated rings. The molecule has 196 valence electrons. The van der Waals surface area contributed by atoms with Gasteiger partial charge in [0.05, 0.1) is 29.8 Å². The van der Waals surface area contributed by atoms with Crippen LogP contribution in [0, 0.1) is 0 Å². The Bertz CT molecular complexity index is 1740. The highest BCUT2D eigenvalue weighted by Gasteiger charge is 2.14. The van der Waals surface area contributed by atoms with Gasteiger partial charge in [0, 0.05) is 24.3 Å². The lowest BCUT2D eigenvalue weighted by Crippen LogP contribution is -2.23. The predicted octanol–water partition coefficient (Wildman–Crippen LogP) is 3.30. The van der Waals surface area contributed by atoms with Crippen molar-refractivity contribution in [1.29, 1.82) is 0 Å². The summed E-state index contributed by atoms with van der Waals surface area (Å²) >= 11 is 0. The second-order valence-corrected chi connectivity index (χ2v) is 8.82. The van der Waals surface area contributed by atoms with Crippen LogP contribution in [0.4, 0.5) is 5.95 Å². The van der Waals surface area contributed by atoms with Gasteiger partial charge in [-0.25, -0.2) is 9.67 Å². The topological polar surface area (TPSA) is 131 Å². The Morgan fingerprint density at radius 1 is 0.974 bits per heavy atom. The van der Waals surface area contributed by atoms with Gasteiger partial charge in [-0.2, -0.15) is 5.10 Å². The van der Waals surface area contributed by atoms with Crippen molar-refractivity contribution in [2.75, 3.05) is 19.6 Å². The van der Waals surface area contributed by atoms with E-state index in [1.165, 1.54) is 17.9 Å². The fourth-order valence-electron chi connectivity index (χ4n) is 4.34. The largest absolute Gasteiger partial charge is 0.467 e. The van der Waals surface area contributed by atoms with E-state index >= 15 is 0 Å². The molecular weight excluding hydrogens is 498 g/mol. The number of hydrogen-bond acceptors (Lipinski definition) is 8. The summed E-state index contributed by atoms with van der Waals surface area (Å²) in [6, 6.07) is 23.0. The van der Waals surface area contributed by atoms with Gasteiger partial charge in [-0.15, -0.1) is 0 Å². The third-order valence-corrected chi connectivity index (χ3v) is 6.19. The molecular formula is C29H25N5O5. The summed E-state index contributed by atoms with van der Waals surface area (Å²) in [5.74, 6) is 0.300. The Morgan fingerprint density at radius 3 is 2.62 bits per heavy atom. The van der Waals surface area contributed by atoms with E-state index in [0.29, 0.717) is 35.1 Å². The lowest BCUT2D eigenvalue weighted by atomic mass is 10.1. The van der Waals surface area contributed by atoms with Crippen LogP contribution in [0.2, 0.25) is 0 Å². The maximum absolute atomic E-state index is 12.7. The molecule has 0 atom stereocenters. The fourth-order valence-corrected chi connectivity index (χ4v) is 4.34. The molecule has 2 aromatic heterocycles. The number of hydrogen-bond donors (Lipinski definition) is 1. The summed E-state index contributed by atoms with van der Waals surface area (Å²) in [7, 11) is 1.53. The zero-order valence-corrected chi connectivity index (χ0v) is 21.1. The third kappa shape index (κ3) is 5.46. The standard InChI is InChI=1S/C29H25N5O5/c1-38-18-39-27-11-9-20(15-33-25-8-3-2-7-24(25)31-29(33)30)14-22(27)23-10-12-28(37)34(32-23)16-19-5-4-6-21(13-19)26(36)17-35/h2-14,17H,15-16,18H2,1H3,(H2,30,31). The van der Waals surface area contributed by atoms with Crippen LogP contribution in [0.3, 0.4) is 0 Å². The summed E-state index contributed by atoms with van der Waals surface area (Å²) in [6.45, 7) is 0.599. The summed E-state index contributed by atoms with van der Waals surface area (Å²) in [5.41, 5.74) is 10.6. The SMILES string of the molecule is COCOc1ccc(Cn2c(N)nc3ccccc32)cc1-c1ccc(=O)n(Cc2cccc(C(=O)C=O)c2)n1. The van der Waals surface area contributed by atoms with E-state index < -0.39 is 5.78 Å². The number of benzene rings is 3. The Labute approximate surface area is 223 Å². The van der Waals surface area contributed by atoms with Crippen molar-refractivity contribution in [3.8, 4) is 17.0 Å². The number of carbonyl (C=O) groups excluding carboxylic acids is 2. The minimum absolute atomic E-state index is 0.0304. The number of Topliss-reactive ketones (excluding diaryl/α,β-unsaturated/α-hetero) is 1. The first-order valence-corrected chi connectivity index (χ1v) is 12.1. The molecule has 5 aromatic rings. The monoisotopic (exact) mass is 523 g/mol. The number of nitrogen functional groups attached to an aromatic ring is 1. The lowest BCUT2D eigenvalue weighted by Gasteiger charge is -2.15. The number of rotatable bonds is 10. The maximum atomic E-state index is 12.7. The fraction of sp³-hybridized carbons (Fsp3) is 0.138. The zero-order valence-electron chi connectivity index (χ0n) is 21.1. The van der Waals surface area contributed by atoms with Gasteiger partial charge in [0.25, 0.3) is 5.56 Å². The van der Waals surface area contributed by atoms with Gasteiger partial charge in [0.2, 0.25) is 11.7 Å². The molecule has 0 radical (unpaired) electrons. The second kappa shape index (κ2) is 11.1. The number of fused-ring (bicyclic) bond motifs is 1. The van der Waals surface area contributed by atoms with Crippen molar-refractivity contribution in [2.45, 2.75) is 13.1 Å². The number of nitrogens with two attached hydrogens (primary N) is 1. The molecule has 0 unspecified atom stereocenters. The van der Waals surface area contributed by atoms with E-state index in [-0.39, 0.29) is 30.7 Å². The first-order chi connectivity index (χ1) is 19.0. The normalized spacial score (nSPS) is 11.0. The minimum atomic E-state index is -0.631. The highest BCUT2D eigenvalue weighted by Crippen LogP contribution is 2.31. The van der Waals surface area contributed by atoms with Gasteiger partial charge in [-0.1, -0.05) is 36.4 Å². The van der Waals surface area contributed by atoms with Gasteiger partial charge in [0.1, 0.15) is 5.75 Å². The molecule has 0 spiro atoms. The molecule has 0 aliphatic heterocycles. The van der Waals surface area contributed by atoms with Crippen molar-refractivity contribution < 1.29 is 19.1 Å². The van der Waals surface area contributed by atoms with Crippen LogP contribution in [0.5, 0.6) is 5.75 Å². The van der Waals surface area contributed by atoms with Crippen LogP contribution in [-0.2, 0) is 22.6 Å². The highest BCUT2D eigenvalue weighted by molar-refractivity contribution is 6.33. The van der Waals surface area contributed by atoms with Gasteiger partial charge < -0.3 is 19.8 Å². The van der Waals surface area contributed by atoms with Crippen LogP contribution in [0.25, 0.3) is 22.3 Å². The lowest BCUT2D eigenvalue weighted by molar-refractivity contribution is -0.104. The number of nitrogens with zero attached hydrogens (tertiary/aromatic N) is 4. The van der Waals surface area contributed by atoms with Crippen LogP contribution >= 0.6 is 0 Å². The van der Waals surface area contributed by atoms with Crippen LogP contribution < -0.4 is 16.0 Å². The predicted molar refractivity (Wildman–Crippen MR) is 146 cm³/mol. The zero-order chi connectivity index (χ0) is 27.4. The number of aldehydes is 1. The molecule has 0 aliphatic carbocycles.